The Morgan fingerprint density at radius 2 is 2.11 bits per heavy atom. The summed E-state index contributed by atoms with van der Waals surface area (Å²) in [4.78, 5) is 27.7. The van der Waals surface area contributed by atoms with Crippen molar-refractivity contribution in [1.29, 1.82) is 0 Å². The molecule has 2 atom stereocenters. The molecule has 0 aromatic carbocycles. The third-order valence-electron chi connectivity index (χ3n) is 4.80. The predicted octanol–water partition coefficient (Wildman–Crippen LogP) is 2.30. The summed E-state index contributed by atoms with van der Waals surface area (Å²) in [6.45, 7) is 13.7. The number of nitrogens with one attached hydrogen (secondary N) is 1. The number of rotatable bonds is 2. The fourth-order valence-corrected chi connectivity index (χ4v) is 3.28. The molecule has 1 fully saturated rings. The predicted molar refractivity (Wildman–Crippen MR) is 71.6 cm³/mol. The second-order valence-electron chi connectivity index (χ2n) is 6.00. The number of carbonyl (C=O) groups excluding carboxylic acids is 2. The standard InChI is InChI=1S/C15H19NO3/c1-6-12(17)19-16-13(18)11-7-10-9(2)8-15(11,5)14(10,3)4/h6-7,10H,1-2,8H2,3-5H3,(H,16,18). The highest BCUT2D eigenvalue weighted by Crippen LogP contribution is 2.66. The minimum absolute atomic E-state index is 0.0425. The Kier molecular flexibility index (Phi) is 2.92. The lowest BCUT2D eigenvalue weighted by molar-refractivity contribution is -0.152. The number of hydrogen-bond donors (Lipinski definition) is 1. The second kappa shape index (κ2) is 4.08. The molecule has 0 aliphatic heterocycles. The van der Waals surface area contributed by atoms with Crippen LogP contribution in [-0.4, -0.2) is 11.9 Å². The van der Waals surface area contributed by atoms with Gasteiger partial charge in [-0.1, -0.05) is 45.6 Å². The zero-order chi connectivity index (χ0) is 14.4. The molecule has 19 heavy (non-hydrogen) atoms. The van der Waals surface area contributed by atoms with Gasteiger partial charge in [-0.3, -0.25) is 4.79 Å². The lowest BCUT2D eigenvalue weighted by Crippen LogP contribution is -2.37. The molecule has 0 aromatic heterocycles. The van der Waals surface area contributed by atoms with E-state index >= 15 is 0 Å². The van der Waals surface area contributed by atoms with Gasteiger partial charge >= 0.3 is 5.97 Å². The first-order valence-electron chi connectivity index (χ1n) is 6.27. The molecule has 2 unspecified atom stereocenters. The molecule has 4 nitrogen and oxygen atoms in total. The van der Waals surface area contributed by atoms with Crippen LogP contribution in [0.25, 0.3) is 0 Å². The van der Waals surface area contributed by atoms with Crippen LogP contribution < -0.4 is 5.48 Å². The molecule has 0 saturated heterocycles. The molecule has 1 amide bonds. The Morgan fingerprint density at radius 3 is 2.53 bits per heavy atom. The zero-order valence-corrected chi connectivity index (χ0v) is 11.6. The van der Waals surface area contributed by atoms with Crippen LogP contribution in [0.5, 0.6) is 0 Å². The second-order valence-corrected chi connectivity index (χ2v) is 6.00. The van der Waals surface area contributed by atoms with Crippen molar-refractivity contribution in [3.63, 3.8) is 0 Å². The molecule has 0 spiro atoms. The Balaban J connectivity index is 2.20. The largest absolute Gasteiger partial charge is 0.355 e. The molecule has 2 rings (SSSR count). The van der Waals surface area contributed by atoms with Crippen LogP contribution in [0.2, 0.25) is 0 Å². The minimum atomic E-state index is -0.675. The van der Waals surface area contributed by atoms with Crippen LogP contribution in [0.15, 0.2) is 36.5 Å². The molecule has 4 heteroatoms. The van der Waals surface area contributed by atoms with Crippen LogP contribution in [0.1, 0.15) is 27.2 Å². The molecule has 1 saturated carbocycles. The maximum absolute atomic E-state index is 12.1. The summed E-state index contributed by atoms with van der Waals surface area (Å²) in [5, 5.41) is 0. The van der Waals surface area contributed by atoms with E-state index in [1.807, 2.05) is 6.08 Å². The van der Waals surface area contributed by atoms with Gasteiger partial charge in [-0.15, -0.1) is 0 Å². The average Bonchev–Trinajstić information content (AvgIpc) is 2.64. The van der Waals surface area contributed by atoms with E-state index in [4.69, 9.17) is 0 Å². The topological polar surface area (TPSA) is 55.4 Å². The molecule has 1 N–H and O–H groups in total. The Bertz CT molecular complexity index is 515. The van der Waals surface area contributed by atoms with E-state index in [2.05, 4.69) is 44.2 Å². The Labute approximate surface area is 113 Å². The van der Waals surface area contributed by atoms with E-state index in [0.717, 1.165) is 18.1 Å². The fourth-order valence-electron chi connectivity index (χ4n) is 3.28. The van der Waals surface area contributed by atoms with Crippen molar-refractivity contribution in [1.82, 2.24) is 5.48 Å². The van der Waals surface area contributed by atoms with Crippen molar-refractivity contribution in [2.24, 2.45) is 16.7 Å². The number of hydroxylamine groups is 1. The summed E-state index contributed by atoms with van der Waals surface area (Å²) in [5.74, 6) is -0.833. The quantitative estimate of drug-likeness (QED) is 0.471. The van der Waals surface area contributed by atoms with Crippen molar-refractivity contribution in [2.45, 2.75) is 27.2 Å². The molecular weight excluding hydrogens is 242 g/mol. The van der Waals surface area contributed by atoms with Crippen LogP contribution in [0.3, 0.4) is 0 Å². The van der Waals surface area contributed by atoms with Gasteiger partial charge in [0.2, 0.25) is 0 Å². The summed E-state index contributed by atoms with van der Waals surface area (Å²) in [5.41, 5.74) is 3.71. The maximum atomic E-state index is 12.1. The van der Waals surface area contributed by atoms with Gasteiger partial charge in [0.25, 0.3) is 5.91 Å². The van der Waals surface area contributed by atoms with Gasteiger partial charge in [-0.2, -0.15) is 5.48 Å². The highest BCUT2D eigenvalue weighted by Gasteiger charge is 2.60. The van der Waals surface area contributed by atoms with Crippen molar-refractivity contribution in [2.75, 3.05) is 0 Å². The van der Waals surface area contributed by atoms with Gasteiger partial charge in [-0.25, -0.2) is 4.79 Å². The summed E-state index contributed by atoms with van der Waals surface area (Å²) < 4.78 is 0. The molecule has 0 heterocycles. The van der Waals surface area contributed by atoms with Gasteiger partial charge in [-0.05, 0) is 11.8 Å². The van der Waals surface area contributed by atoms with Crippen molar-refractivity contribution >= 4 is 11.9 Å². The minimum Gasteiger partial charge on any atom is -0.336 e. The molecule has 2 bridgehead atoms. The fraction of sp³-hybridized carbons (Fsp3) is 0.467. The number of carbonyl (C=O) groups is 2. The average molecular weight is 261 g/mol. The highest BCUT2D eigenvalue weighted by molar-refractivity contribution is 5.96. The van der Waals surface area contributed by atoms with E-state index in [0.29, 0.717) is 5.57 Å². The molecule has 2 aliphatic rings. The van der Waals surface area contributed by atoms with Crippen molar-refractivity contribution in [3.05, 3.63) is 36.5 Å². The normalized spacial score (nSPS) is 30.8. The molecule has 0 radical (unpaired) electrons. The van der Waals surface area contributed by atoms with E-state index in [1.165, 1.54) is 0 Å². The summed E-state index contributed by atoms with van der Waals surface area (Å²) in [6.07, 6.45) is 3.74. The number of allylic oxidation sites excluding steroid dienone is 2. The van der Waals surface area contributed by atoms with E-state index in [9.17, 15) is 9.59 Å². The smallest absolute Gasteiger partial charge is 0.336 e. The van der Waals surface area contributed by atoms with Crippen LogP contribution in [0.4, 0.5) is 0 Å². The lowest BCUT2D eigenvalue weighted by atomic mass is 9.67. The van der Waals surface area contributed by atoms with E-state index in [1.54, 1.807) is 0 Å². The lowest BCUT2D eigenvalue weighted by Gasteiger charge is -2.36. The van der Waals surface area contributed by atoms with Crippen LogP contribution in [0, 0.1) is 16.7 Å². The Morgan fingerprint density at radius 1 is 1.47 bits per heavy atom. The van der Waals surface area contributed by atoms with Gasteiger partial charge in [0.15, 0.2) is 0 Å². The van der Waals surface area contributed by atoms with Crippen LogP contribution in [-0.2, 0) is 14.4 Å². The monoisotopic (exact) mass is 261 g/mol. The van der Waals surface area contributed by atoms with Crippen molar-refractivity contribution < 1.29 is 14.4 Å². The molecular formula is C15H19NO3. The number of fused-ring (bicyclic) bond motifs is 2. The van der Waals surface area contributed by atoms with Gasteiger partial charge in [0, 0.05) is 23.0 Å². The zero-order valence-electron chi connectivity index (χ0n) is 11.6. The first-order chi connectivity index (χ1) is 8.74. The third-order valence-corrected chi connectivity index (χ3v) is 4.80. The molecule has 102 valence electrons. The number of hydrogen-bond acceptors (Lipinski definition) is 3. The third kappa shape index (κ3) is 1.74. The molecule has 2 aliphatic carbocycles. The number of amides is 1. The first kappa shape index (κ1) is 13.6. The van der Waals surface area contributed by atoms with Crippen LogP contribution >= 0.6 is 0 Å². The van der Waals surface area contributed by atoms with E-state index in [-0.39, 0.29) is 22.7 Å². The summed E-state index contributed by atoms with van der Waals surface area (Å²) >= 11 is 0. The van der Waals surface area contributed by atoms with Gasteiger partial charge < -0.3 is 4.84 Å². The Hall–Kier alpha value is -1.84. The maximum Gasteiger partial charge on any atom is 0.355 e. The van der Waals surface area contributed by atoms with E-state index < -0.39 is 5.97 Å². The molecule has 0 aromatic rings. The first-order valence-corrected chi connectivity index (χ1v) is 6.27. The van der Waals surface area contributed by atoms with Crippen molar-refractivity contribution in [3.8, 4) is 0 Å². The summed E-state index contributed by atoms with van der Waals surface area (Å²) in [7, 11) is 0. The summed E-state index contributed by atoms with van der Waals surface area (Å²) in [6, 6.07) is 0. The van der Waals surface area contributed by atoms with Gasteiger partial charge in [0.05, 0.1) is 0 Å². The highest BCUT2D eigenvalue weighted by atomic mass is 16.7. The SMILES string of the molecule is C=CC(=O)ONC(=O)C1=CC2C(=C)CC1(C)C2(C)C. The van der Waals surface area contributed by atoms with Gasteiger partial charge in [0.1, 0.15) is 0 Å².